The highest BCUT2D eigenvalue weighted by Gasteiger charge is 2.21. The summed E-state index contributed by atoms with van der Waals surface area (Å²) in [6.07, 6.45) is 5.54. The largest absolute Gasteiger partial charge is 0.0652 e. The standard InChI is InChI=1S/C13H30Si/c1-7-12(4,5)14-11-10-13(6,8-2)9-3/h7-11,14H2,1-6H3. The maximum atomic E-state index is 2.46. The normalized spacial score (nSPS) is 14.1. The summed E-state index contributed by atoms with van der Waals surface area (Å²) in [4.78, 5) is 0. The third-order valence-corrected chi connectivity index (χ3v) is 6.86. The number of hydrogen-bond acceptors (Lipinski definition) is 0. The Morgan fingerprint density at radius 3 is 1.71 bits per heavy atom. The zero-order chi connectivity index (χ0) is 11.2. The third kappa shape index (κ3) is 5.19. The molecule has 0 aromatic heterocycles. The van der Waals surface area contributed by atoms with Gasteiger partial charge >= 0.3 is 0 Å². The highest BCUT2D eigenvalue weighted by atomic mass is 28.2. The first-order chi connectivity index (χ1) is 6.39. The molecule has 0 radical (unpaired) electrons. The molecule has 0 unspecified atom stereocenters. The predicted octanol–water partition coefficient (Wildman–Crippen LogP) is 4.40. The van der Waals surface area contributed by atoms with Crippen LogP contribution in [0.25, 0.3) is 0 Å². The van der Waals surface area contributed by atoms with Crippen LogP contribution in [-0.2, 0) is 0 Å². The molecule has 0 aliphatic rings. The van der Waals surface area contributed by atoms with Gasteiger partial charge in [-0.1, -0.05) is 73.3 Å². The van der Waals surface area contributed by atoms with Crippen molar-refractivity contribution in [3.63, 3.8) is 0 Å². The van der Waals surface area contributed by atoms with Gasteiger partial charge < -0.3 is 0 Å². The van der Waals surface area contributed by atoms with Crippen LogP contribution in [0.1, 0.15) is 67.2 Å². The molecule has 86 valence electrons. The maximum absolute atomic E-state index is 2.46. The lowest BCUT2D eigenvalue weighted by Crippen LogP contribution is -2.18. The lowest BCUT2D eigenvalue weighted by molar-refractivity contribution is 0.285. The molecule has 0 bridgehead atoms. The molecule has 0 aromatic rings. The molecule has 0 aliphatic heterocycles. The second-order valence-corrected chi connectivity index (χ2v) is 9.01. The Morgan fingerprint density at radius 2 is 1.36 bits per heavy atom. The summed E-state index contributed by atoms with van der Waals surface area (Å²) < 4.78 is 0. The highest BCUT2D eigenvalue weighted by molar-refractivity contribution is 6.39. The van der Waals surface area contributed by atoms with Gasteiger partial charge in [-0.3, -0.25) is 0 Å². The Balaban J connectivity index is 3.83. The molecule has 0 rings (SSSR count). The lowest BCUT2D eigenvalue weighted by Gasteiger charge is -2.29. The van der Waals surface area contributed by atoms with Crippen molar-refractivity contribution in [1.29, 1.82) is 0 Å². The first-order valence-electron chi connectivity index (χ1n) is 6.39. The summed E-state index contributed by atoms with van der Waals surface area (Å²) in [6, 6.07) is 1.54. The monoisotopic (exact) mass is 214 g/mol. The fourth-order valence-corrected chi connectivity index (χ4v) is 4.12. The molecule has 0 aromatic carbocycles. The minimum absolute atomic E-state index is 0.141. The van der Waals surface area contributed by atoms with Crippen LogP contribution in [0.15, 0.2) is 0 Å². The smallest absolute Gasteiger partial charge is 0.0264 e. The van der Waals surface area contributed by atoms with Crippen LogP contribution >= 0.6 is 0 Å². The second-order valence-electron chi connectivity index (χ2n) is 5.89. The van der Waals surface area contributed by atoms with Crippen LogP contribution in [0.3, 0.4) is 0 Å². The van der Waals surface area contributed by atoms with Gasteiger partial charge in [0.2, 0.25) is 0 Å². The van der Waals surface area contributed by atoms with Crippen molar-refractivity contribution in [2.75, 3.05) is 0 Å². The molecule has 0 saturated heterocycles. The third-order valence-electron chi connectivity index (χ3n) is 4.30. The van der Waals surface area contributed by atoms with E-state index in [0.29, 0.717) is 10.5 Å². The van der Waals surface area contributed by atoms with E-state index in [4.69, 9.17) is 0 Å². The van der Waals surface area contributed by atoms with Crippen LogP contribution in [0, 0.1) is 5.41 Å². The van der Waals surface area contributed by atoms with E-state index in [1.54, 1.807) is 6.04 Å². The topological polar surface area (TPSA) is 0 Å². The average molecular weight is 214 g/mol. The second kappa shape index (κ2) is 5.94. The van der Waals surface area contributed by atoms with Crippen molar-refractivity contribution in [2.45, 2.75) is 78.3 Å². The molecule has 14 heavy (non-hydrogen) atoms. The van der Waals surface area contributed by atoms with Crippen LogP contribution in [0.4, 0.5) is 0 Å². The molecule has 1 heteroatoms. The molecular weight excluding hydrogens is 184 g/mol. The summed E-state index contributed by atoms with van der Waals surface area (Å²) in [5, 5.41) is 0.697. The summed E-state index contributed by atoms with van der Waals surface area (Å²) in [5.41, 5.74) is 0.636. The summed E-state index contributed by atoms with van der Waals surface area (Å²) >= 11 is 0. The molecule has 0 saturated carbocycles. The molecule has 0 heterocycles. The SMILES string of the molecule is CCC(C)(CC)CC[SiH2]C(C)(C)CC. The van der Waals surface area contributed by atoms with E-state index in [-0.39, 0.29) is 9.52 Å². The van der Waals surface area contributed by atoms with Gasteiger partial charge in [0.05, 0.1) is 0 Å². The summed E-state index contributed by atoms with van der Waals surface area (Å²) in [5.74, 6) is 0. The van der Waals surface area contributed by atoms with Crippen LogP contribution in [0.2, 0.25) is 11.1 Å². The molecule has 0 atom stereocenters. The Bertz CT molecular complexity index is 145. The molecule has 0 spiro atoms. The van der Waals surface area contributed by atoms with E-state index in [2.05, 4.69) is 41.5 Å². The zero-order valence-electron chi connectivity index (χ0n) is 11.2. The van der Waals surface area contributed by atoms with Crippen LogP contribution in [-0.4, -0.2) is 9.52 Å². The van der Waals surface area contributed by atoms with Crippen molar-refractivity contribution in [2.24, 2.45) is 5.41 Å². The Morgan fingerprint density at radius 1 is 0.857 bits per heavy atom. The van der Waals surface area contributed by atoms with Gasteiger partial charge in [0.1, 0.15) is 0 Å². The van der Waals surface area contributed by atoms with E-state index >= 15 is 0 Å². The number of hydrogen-bond donors (Lipinski definition) is 0. The maximum Gasteiger partial charge on any atom is 0.0264 e. The predicted molar refractivity (Wildman–Crippen MR) is 71.0 cm³/mol. The zero-order valence-corrected chi connectivity index (χ0v) is 12.7. The fraction of sp³-hybridized carbons (Fsp3) is 1.00. The molecular formula is C13H30Si. The first kappa shape index (κ1) is 14.2. The highest BCUT2D eigenvalue weighted by Crippen LogP contribution is 2.34. The van der Waals surface area contributed by atoms with Gasteiger partial charge in [-0.2, -0.15) is 0 Å². The molecule has 0 amide bonds. The molecule has 0 aliphatic carbocycles. The quantitative estimate of drug-likeness (QED) is 0.551. The van der Waals surface area contributed by atoms with Crippen molar-refractivity contribution >= 4 is 9.52 Å². The van der Waals surface area contributed by atoms with E-state index in [1.165, 1.54) is 25.7 Å². The molecule has 0 nitrogen and oxygen atoms in total. The Labute approximate surface area is 93.7 Å². The fourth-order valence-electron chi connectivity index (χ4n) is 1.77. The van der Waals surface area contributed by atoms with Gasteiger partial charge in [-0.25, -0.2) is 0 Å². The number of rotatable bonds is 7. The Kier molecular flexibility index (Phi) is 6.04. The van der Waals surface area contributed by atoms with Crippen molar-refractivity contribution in [3.05, 3.63) is 0 Å². The van der Waals surface area contributed by atoms with Crippen molar-refractivity contribution in [3.8, 4) is 0 Å². The van der Waals surface area contributed by atoms with Crippen molar-refractivity contribution in [1.82, 2.24) is 0 Å². The van der Waals surface area contributed by atoms with Crippen LogP contribution in [0.5, 0.6) is 0 Å². The van der Waals surface area contributed by atoms with Gasteiger partial charge in [-0.05, 0) is 10.5 Å². The van der Waals surface area contributed by atoms with Crippen molar-refractivity contribution < 1.29 is 0 Å². The molecule has 0 N–H and O–H groups in total. The minimum Gasteiger partial charge on any atom is -0.0652 e. The van der Waals surface area contributed by atoms with E-state index in [9.17, 15) is 0 Å². The van der Waals surface area contributed by atoms with E-state index < -0.39 is 0 Å². The summed E-state index contributed by atoms with van der Waals surface area (Å²) in [6.45, 7) is 14.4. The Hall–Kier alpha value is 0.217. The summed E-state index contributed by atoms with van der Waals surface area (Å²) in [7, 11) is 0.141. The minimum atomic E-state index is 0.141. The van der Waals surface area contributed by atoms with Gasteiger partial charge in [-0.15, -0.1) is 0 Å². The van der Waals surface area contributed by atoms with Crippen LogP contribution < -0.4 is 0 Å². The van der Waals surface area contributed by atoms with Gasteiger partial charge in [0, 0.05) is 9.52 Å². The van der Waals surface area contributed by atoms with E-state index in [0.717, 1.165) is 0 Å². The van der Waals surface area contributed by atoms with E-state index in [1.807, 2.05) is 0 Å². The lowest BCUT2D eigenvalue weighted by atomic mass is 9.82. The average Bonchev–Trinajstić information content (AvgIpc) is 2.17. The van der Waals surface area contributed by atoms with Gasteiger partial charge in [0.25, 0.3) is 0 Å². The first-order valence-corrected chi connectivity index (χ1v) is 8.10. The van der Waals surface area contributed by atoms with Gasteiger partial charge in [0.15, 0.2) is 0 Å². The molecule has 0 fully saturated rings.